The van der Waals surface area contributed by atoms with Crippen LogP contribution in [0.2, 0.25) is 0 Å². The molecule has 0 unspecified atom stereocenters. The van der Waals surface area contributed by atoms with Crippen LogP contribution in [-0.4, -0.2) is 36.5 Å². The van der Waals surface area contributed by atoms with Crippen LogP contribution in [0.4, 0.5) is 0 Å². The van der Waals surface area contributed by atoms with Gasteiger partial charge in [-0.15, -0.1) is 0 Å². The van der Waals surface area contributed by atoms with Crippen molar-refractivity contribution in [2.24, 2.45) is 11.8 Å². The van der Waals surface area contributed by atoms with Gasteiger partial charge in [0.1, 0.15) is 0 Å². The second-order valence-electron chi connectivity index (χ2n) is 5.56. The van der Waals surface area contributed by atoms with Crippen molar-refractivity contribution >= 4 is 5.91 Å². The molecule has 0 bridgehead atoms. The van der Waals surface area contributed by atoms with Crippen molar-refractivity contribution < 1.29 is 4.79 Å². The number of likely N-dealkylation sites (tertiary alicyclic amines) is 1. The van der Waals surface area contributed by atoms with Crippen LogP contribution in [0.1, 0.15) is 40.5 Å². The summed E-state index contributed by atoms with van der Waals surface area (Å²) in [6.45, 7) is 11.3. The molecule has 1 heterocycles. The minimum atomic E-state index is 0.134. The van der Waals surface area contributed by atoms with Gasteiger partial charge in [-0.3, -0.25) is 4.79 Å². The van der Waals surface area contributed by atoms with Gasteiger partial charge in [-0.1, -0.05) is 27.7 Å². The summed E-state index contributed by atoms with van der Waals surface area (Å²) in [4.78, 5) is 13.8. The van der Waals surface area contributed by atoms with E-state index in [4.69, 9.17) is 0 Å². The Morgan fingerprint density at radius 3 is 2.62 bits per heavy atom. The number of nitrogens with one attached hydrogen (secondary N) is 1. The average Bonchev–Trinajstić information content (AvgIpc) is 2.64. The number of amides is 1. The van der Waals surface area contributed by atoms with E-state index >= 15 is 0 Å². The zero-order valence-corrected chi connectivity index (χ0v) is 11.1. The first kappa shape index (κ1) is 13.5. The number of hydrogen-bond acceptors (Lipinski definition) is 2. The first-order valence-electron chi connectivity index (χ1n) is 6.53. The van der Waals surface area contributed by atoms with E-state index in [2.05, 4.69) is 19.2 Å². The molecule has 1 saturated heterocycles. The second-order valence-corrected chi connectivity index (χ2v) is 5.56. The Kier molecular flexibility index (Phi) is 5.26. The molecule has 0 aromatic heterocycles. The third-order valence-corrected chi connectivity index (χ3v) is 3.15. The number of hydrogen-bond donors (Lipinski definition) is 1. The molecule has 3 heteroatoms. The Morgan fingerprint density at radius 2 is 2.06 bits per heavy atom. The van der Waals surface area contributed by atoms with E-state index in [1.807, 2.05) is 18.7 Å². The number of carbonyl (C=O) groups excluding carboxylic acids is 1. The van der Waals surface area contributed by atoms with Crippen molar-refractivity contribution in [1.29, 1.82) is 0 Å². The maximum Gasteiger partial charge on any atom is 0.225 e. The fourth-order valence-corrected chi connectivity index (χ4v) is 2.07. The minimum Gasteiger partial charge on any atom is -0.341 e. The second kappa shape index (κ2) is 6.24. The Balaban J connectivity index is 2.22. The molecule has 0 radical (unpaired) electrons. The van der Waals surface area contributed by atoms with E-state index in [0.717, 1.165) is 32.0 Å². The lowest BCUT2D eigenvalue weighted by atomic mass is 10.1. The lowest BCUT2D eigenvalue weighted by Gasteiger charge is -2.19. The SMILES string of the molecule is CC(C)CCN[C@H]1CCN(C(=O)C(C)C)C1. The van der Waals surface area contributed by atoms with Crippen molar-refractivity contribution in [1.82, 2.24) is 10.2 Å². The molecule has 94 valence electrons. The highest BCUT2D eigenvalue weighted by Gasteiger charge is 2.26. The fourth-order valence-electron chi connectivity index (χ4n) is 2.07. The van der Waals surface area contributed by atoms with E-state index in [0.29, 0.717) is 11.9 Å². The van der Waals surface area contributed by atoms with E-state index in [9.17, 15) is 4.79 Å². The van der Waals surface area contributed by atoms with Crippen molar-refractivity contribution in [2.75, 3.05) is 19.6 Å². The average molecular weight is 226 g/mol. The van der Waals surface area contributed by atoms with Crippen molar-refractivity contribution in [3.63, 3.8) is 0 Å². The number of rotatable bonds is 5. The molecule has 1 atom stereocenters. The summed E-state index contributed by atoms with van der Waals surface area (Å²) in [6, 6.07) is 0.515. The smallest absolute Gasteiger partial charge is 0.225 e. The zero-order chi connectivity index (χ0) is 12.1. The Morgan fingerprint density at radius 1 is 1.38 bits per heavy atom. The molecule has 0 aromatic rings. The lowest BCUT2D eigenvalue weighted by Crippen LogP contribution is -2.37. The summed E-state index contributed by atoms with van der Waals surface area (Å²) in [5.41, 5.74) is 0. The molecule has 1 N–H and O–H groups in total. The van der Waals surface area contributed by atoms with Crippen LogP contribution >= 0.6 is 0 Å². The molecule has 16 heavy (non-hydrogen) atoms. The highest BCUT2D eigenvalue weighted by molar-refractivity contribution is 5.78. The molecule has 1 aliphatic heterocycles. The van der Waals surface area contributed by atoms with Gasteiger partial charge in [0.2, 0.25) is 5.91 Å². The Bertz CT molecular complexity index is 226. The van der Waals surface area contributed by atoms with Crippen molar-refractivity contribution in [3.05, 3.63) is 0 Å². The molecule has 0 aromatic carbocycles. The van der Waals surface area contributed by atoms with Gasteiger partial charge >= 0.3 is 0 Å². The molecule has 1 rings (SSSR count). The summed E-state index contributed by atoms with van der Waals surface area (Å²) < 4.78 is 0. The third kappa shape index (κ3) is 4.12. The topological polar surface area (TPSA) is 32.3 Å². The monoisotopic (exact) mass is 226 g/mol. The number of nitrogens with zero attached hydrogens (tertiary/aromatic N) is 1. The fraction of sp³-hybridized carbons (Fsp3) is 0.923. The molecular formula is C13H26N2O. The quantitative estimate of drug-likeness (QED) is 0.776. The largest absolute Gasteiger partial charge is 0.341 e. The van der Waals surface area contributed by atoms with Gasteiger partial charge in [0.15, 0.2) is 0 Å². The summed E-state index contributed by atoms with van der Waals surface area (Å²) in [5, 5.41) is 3.54. The first-order valence-corrected chi connectivity index (χ1v) is 6.53. The van der Waals surface area contributed by atoms with E-state index in [1.165, 1.54) is 6.42 Å². The van der Waals surface area contributed by atoms with Crippen LogP contribution in [0.3, 0.4) is 0 Å². The molecule has 0 aliphatic carbocycles. The van der Waals surface area contributed by atoms with Crippen LogP contribution in [0.5, 0.6) is 0 Å². The minimum absolute atomic E-state index is 0.134. The Hall–Kier alpha value is -0.570. The van der Waals surface area contributed by atoms with E-state index in [-0.39, 0.29) is 5.92 Å². The van der Waals surface area contributed by atoms with Gasteiger partial charge < -0.3 is 10.2 Å². The highest BCUT2D eigenvalue weighted by atomic mass is 16.2. The van der Waals surface area contributed by atoms with Crippen LogP contribution in [0.15, 0.2) is 0 Å². The van der Waals surface area contributed by atoms with Crippen LogP contribution in [0, 0.1) is 11.8 Å². The maximum atomic E-state index is 11.8. The van der Waals surface area contributed by atoms with Crippen LogP contribution < -0.4 is 5.32 Å². The van der Waals surface area contributed by atoms with Crippen LogP contribution in [0.25, 0.3) is 0 Å². The summed E-state index contributed by atoms with van der Waals surface area (Å²) in [5.74, 6) is 1.19. The molecule has 1 aliphatic rings. The van der Waals surface area contributed by atoms with E-state index in [1.54, 1.807) is 0 Å². The molecule has 1 amide bonds. The van der Waals surface area contributed by atoms with Gasteiger partial charge in [-0.05, 0) is 25.3 Å². The third-order valence-electron chi connectivity index (χ3n) is 3.15. The maximum absolute atomic E-state index is 11.8. The lowest BCUT2D eigenvalue weighted by molar-refractivity contribution is -0.133. The first-order chi connectivity index (χ1) is 7.50. The van der Waals surface area contributed by atoms with Gasteiger partial charge in [0, 0.05) is 25.0 Å². The molecule has 0 saturated carbocycles. The highest BCUT2D eigenvalue weighted by Crippen LogP contribution is 2.12. The summed E-state index contributed by atoms with van der Waals surface area (Å²) in [7, 11) is 0. The molecular weight excluding hydrogens is 200 g/mol. The predicted octanol–water partition coefficient (Wildman–Crippen LogP) is 1.88. The number of carbonyl (C=O) groups is 1. The van der Waals surface area contributed by atoms with Gasteiger partial charge in [-0.2, -0.15) is 0 Å². The van der Waals surface area contributed by atoms with Crippen LogP contribution in [-0.2, 0) is 4.79 Å². The summed E-state index contributed by atoms with van der Waals surface area (Å²) >= 11 is 0. The van der Waals surface area contributed by atoms with Crippen molar-refractivity contribution in [2.45, 2.75) is 46.6 Å². The predicted molar refractivity (Wildman–Crippen MR) is 67.3 cm³/mol. The van der Waals surface area contributed by atoms with E-state index < -0.39 is 0 Å². The molecule has 0 spiro atoms. The summed E-state index contributed by atoms with van der Waals surface area (Å²) in [6.07, 6.45) is 2.32. The van der Waals surface area contributed by atoms with Crippen molar-refractivity contribution in [3.8, 4) is 0 Å². The van der Waals surface area contributed by atoms with Gasteiger partial charge in [-0.25, -0.2) is 0 Å². The van der Waals surface area contributed by atoms with Gasteiger partial charge in [0.05, 0.1) is 0 Å². The normalized spacial score (nSPS) is 21.1. The van der Waals surface area contributed by atoms with Gasteiger partial charge in [0.25, 0.3) is 0 Å². The standard InChI is InChI=1S/C13H26N2O/c1-10(2)5-7-14-12-6-8-15(9-12)13(16)11(3)4/h10-12,14H,5-9H2,1-4H3/t12-/m0/s1. The zero-order valence-electron chi connectivity index (χ0n) is 11.1. The molecule has 3 nitrogen and oxygen atoms in total. The molecule has 1 fully saturated rings. The Labute approximate surface area is 99.6 Å².